The summed E-state index contributed by atoms with van der Waals surface area (Å²) in [5.41, 5.74) is 2.51. The number of amides is 2. The SMILES string of the molecule is CCOC(=O)C(C)c1ccc(-n2nc(C(C)(C)C)cc2NC(=O)Nc2cccc(Cl)c2Cl)cc1. The Kier molecular flexibility index (Phi) is 7.89. The second kappa shape index (κ2) is 10.5. The summed E-state index contributed by atoms with van der Waals surface area (Å²) >= 11 is 12.2. The number of nitrogens with zero attached hydrogens (tertiary/aromatic N) is 2. The Labute approximate surface area is 209 Å². The van der Waals surface area contributed by atoms with E-state index >= 15 is 0 Å². The van der Waals surface area contributed by atoms with Crippen LogP contribution in [0.1, 0.15) is 51.8 Å². The monoisotopic (exact) mass is 502 g/mol. The molecule has 1 atom stereocenters. The van der Waals surface area contributed by atoms with Crippen molar-refractivity contribution in [3.05, 3.63) is 69.8 Å². The van der Waals surface area contributed by atoms with Gasteiger partial charge in [-0.1, -0.05) is 62.2 Å². The van der Waals surface area contributed by atoms with Crippen LogP contribution in [0.5, 0.6) is 0 Å². The zero-order valence-electron chi connectivity index (χ0n) is 19.8. The van der Waals surface area contributed by atoms with Gasteiger partial charge in [0.25, 0.3) is 0 Å². The summed E-state index contributed by atoms with van der Waals surface area (Å²) in [5.74, 6) is -0.183. The molecule has 0 saturated heterocycles. The van der Waals surface area contributed by atoms with Crippen molar-refractivity contribution in [2.45, 2.75) is 46.0 Å². The quantitative estimate of drug-likeness (QED) is 0.363. The van der Waals surface area contributed by atoms with E-state index in [1.807, 2.05) is 51.1 Å². The summed E-state index contributed by atoms with van der Waals surface area (Å²) in [6.45, 7) is 10.0. The normalized spacial score (nSPS) is 12.2. The van der Waals surface area contributed by atoms with Crippen LogP contribution >= 0.6 is 23.2 Å². The van der Waals surface area contributed by atoms with Gasteiger partial charge < -0.3 is 10.1 Å². The van der Waals surface area contributed by atoms with E-state index in [2.05, 4.69) is 10.6 Å². The molecule has 2 N–H and O–H groups in total. The molecule has 3 aromatic rings. The Morgan fingerprint density at radius 3 is 2.38 bits per heavy atom. The van der Waals surface area contributed by atoms with E-state index in [1.165, 1.54) is 0 Å². The highest BCUT2D eigenvalue weighted by atomic mass is 35.5. The number of halogens is 2. The molecule has 0 radical (unpaired) electrons. The van der Waals surface area contributed by atoms with Crippen molar-refractivity contribution < 1.29 is 14.3 Å². The Balaban J connectivity index is 1.89. The molecule has 0 aliphatic carbocycles. The van der Waals surface area contributed by atoms with E-state index in [-0.39, 0.29) is 22.3 Å². The van der Waals surface area contributed by atoms with Crippen LogP contribution in [0.4, 0.5) is 16.3 Å². The molecule has 9 heteroatoms. The third-order valence-electron chi connectivity index (χ3n) is 5.20. The van der Waals surface area contributed by atoms with Crippen molar-refractivity contribution >= 4 is 46.7 Å². The maximum Gasteiger partial charge on any atom is 0.324 e. The van der Waals surface area contributed by atoms with Crippen LogP contribution in [-0.2, 0) is 14.9 Å². The Morgan fingerprint density at radius 2 is 1.76 bits per heavy atom. The number of carbonyl (C=O) groups is 2. The molecule has 0 saturated carbocycles. The van der Waals surface area contributed by atoms with E-state index in [0.29, 0.717) is 23.1 Å². The summed E-state index contributed by atoms with van der Waals surface area (Å²) < 4.78 is 6.76. The average molecular weight is 503 g/mol. The van der Waals surface area contributed by atoms with Gasteiger partial charge in [-0.15, -0.1) is 0 Å². The van der Waals surface area contributed by atoms with E-state index in [1.54, 1.807) is 36.7 Å². The molecule has 1 aromatic heterocycles. The predicted octanol–water partition coefficient (Wildman–Crippen LogP) is 6.79. The van der Waals surface area contributed by atoms with Gasteiger partial charge in [0.1, 0.15) is 5.82 Å². The van der Waals surface area contributed by atoms with Gasteiger partial charge in [-0.05, 0) is 43.7 Å². The van der Waals surface area contributed by atoms with E-state index in [9.17, 15) is 9.59 Å². The second-order valence-corrected chi connectivity index (χ2v) is 9.61. The molecular weight excluding hydrogens is 475 g/mol. The number of aromatic nitrogens is 2. The number of carbonyl (C=O) groups excluding carboxylic acids is 2. The fourth-order valence-electron chi connectivity index (χ4n) is 3.21. The highest BCUT2D eigenvalue weighted by molar-refractivity contribution is 6.44. The summed E-state index contributed by atoms with van der Waals surface area (Å²) in [6, 6.07) is 13.7. The largest absolute Gasteiger partial charge is 0.466 e. The molecule has 7 nitrogen and oxygen atoms in total. The van der Waals surface area contributed by atoms with Crippen molar-refractivity contribution in [1.82, 2.24) is 9.78 Å². The third kappa shape index (κ3) is 5.90. The second-order valence-electron chi connectivity index (χ2n) is 8.82. The minimum absolute atomic E-state index is 0.243. The molecule has 0 bridgehead atoms. The lowest BCUT2D eigenvalue weighted by atomic mass is 9.92. The molecule has 2 amide bonds. The molecule has 0 aliphatic heterocycles. The summed E-state index contributed by atoms with van der Waals surface area (Å²) in [7, 11) is 0. The van der Waals surface area contributed by atoms with Crippen LogP contribution in [0.2, 0.25) is 10.0 Å². The Bertz CT molecular complexity index is 1180. The molecule has 34 heavy (non-hydrogen) atoms. The number of ether oxygens (including phenoxy) is 1. The van der Waals surface area contributed by atoms with Crippen LogP contribution in [0.15, 0.2) is 48.5 Å². The molecule has 3 rings (SSSR count). The molecule has 1 unspecified atom stereocenters. The zero-order chi connectivity index (χ0) is 25.0. The lowest BCUT2D eigenvalue weighted by Crippen LogP contribution is -2.21. The maximum absolute atomic E-state index is 12.8. The predicted molar refractivity (Wildman–Crippen MR) is 136 cm³/mol. The van der Waals surface area contributed by atoms with Crippen LogP contribution in [-0.4, -0.2) is 28.4 Å². The minimum Gasteiger partial charge on any atom is -0.466 e. The van der Waals surface area contributed by atoms with Crippen LogP contribution in [0, 0.1) is 0 Å². The standard InChI is InChI=1S/C25H28Cl2N4O3/c1-6-34-23(32)15(2)16-10-12-17(13-11-16)31-21(14-20(30-31)25(3,4)5)29-24(33)28-19-9-7-8-18(26)22(19)27/h7-15H,6H2,1-5H3,(H2,28,29,33). The molecule has 1 heterocycles. The summed E-state index contributed by atoms with van der Waals surface area (Å²) in [4.78, 5) is 24.8. The van der Waals surface area contributed by atoms with Gasteiger partial charge in [0, 0.05) is 11.5 Å². The highest BCUT2D eigenvalue weighted by Crippen LogP contribution is 2.30. The number of hydrogen-bond acceptors (Lipinski definition) is 4. The van der Waals surface area contributed by atoms with Crippen molar-refractivity contribution in [3.63, 3.8) is 0 Å². The fraction of sp³-hybridized carbons (Fsp3) is 0.320. The van der Waals surface area contributed by atoms with E-state index in [0.717, 1.165) is 16.9 Å². The summed E-state index contributed by atoms with van der Waals surface area (Å²) in [5, 5.41) is 10.9. The third-order valence-corrected chi connectivity index (χ3v) is 6.02. The molecular formula is C25H28Cl2N4O3. The fourth-order valence-corrected chi connectivity index (χ4v) is 3.56. The van der Waals surface area contributed by atoms with Gasteiger partial charge in [0.15, 0.2) is 0 Å². The van der Waals surface area contributed by atoms with Gasteiger partial charge in [-0.25, -0.2) is 9.48 Å². The number of nitrogens with one attached hydrogen (secondary N) is 2. The topological polar surface area (TPSA) is 85.2 Å². The van der Waals surface area contributed by atoms with E-state index in [4.69, 9.17) is 33.0 Å². The number of benzene rings is 2. The van der Waals surface area contributed by atoms with Gasteiger partial charge in [0.2, 0.25) is 0 Å². The number of rotatable bonds is 6. The van der Waals surface area contributed by atoms with Crippen molar-refractivity contribution in [3.8, 4) is 5.69 Å². The first kappa shape index (κ1) is 25.6. The van der Waals surface area contributed by atoms with Gasteiger partial charge >= 0.3 is 12.0 Å². The number of hydrogen-bond donors (Lipinski definition) is 2. The minimum atomic E-state index is -0.488. The first-order chi connectivity index (χ1) is 16.0. The summed E-state index contributed by atoms with van der Waals surface area (Å²) in [6.07, 6.45) is 0. The van der Waals surface area contributed by atoms with Crippen molar-refractivity contribution in [2.75, 3.05) is 17.2 Å². The van der Waals surface area contributed by atoms with Gasteiger partial charge in [-0.2, -0.15) is 5.10 Å². The number of urea groups is 1. The molecule has 0 fully saturated rings. The van der Waals surface area contributed by atoms with Crippen LogP contribution in [0.3, 0.4) is 0 Å². The Hall–Kier alpha value is -3.03. The first-order valence-electron chi connectivity index (χ1n) is 10.9. The smallest absolute Gasteiger partial charge is 0.324 e. The lowest BCUT2D eigenvalue weighted by Gasteiger charge is -2.14. The van der Waals surface area contributed by atoms with Crippen molar-refractivity contribution in [1.29, 1.82) is 0 Å². The molecule has 0 aliphatic rings. The molecule has 180 valence electrons. The van der Waals surface area contributed by atoms with E-state index < -0.39 is 6.03 Å². The van der Waals surface area contributed by atoms with Gasteiger partial charge in [-0.3, -0.25) is 10.1 Å². The van der Waals surface area contributed by atoms with Crippen LogP contribution < -0.4 is 10.6 Å². The van der Waals surface area contributed by atoms with Crippen LogP contribution in [0.25, 0.3) is 5.69 Å². The van der Waals surface area contributed by atoms with Crippen molar-refractivity contribution in [2.24, 2.45) is 0 Å². The first-order valence-corrected chi connectivity index (χ1v) is 11.7. The molecule has 0 spiro atoms. The van der Waals surface area contributed by atoms with Gasteiger partial charge in [0.05, 0.1) is 39.6 Å². The number of esters is 1. The molecule has 2 aromatic carbocycles. The lowest BCUT2D eigenvalue weighted by molar-refractivity contribution is -0.144. The average Bonchev–Trinajstić information content (AvgIpc) is 3.21. The maximum atomic E-state index is 12.8. The number of anilines is 2. The Morgan fingerprint density at radius 1 is 1.09 bits per heavy atom. The zero-order valence-corrected chi connectivity index (χ0v) is 21.3. The highest BCUT2D eigenvalue weighted by Gasteiger charge is 2.22.